The lowest BCUT2D eigenvalue weighted by atomic mass is 9.95. The van der Waals surface area contributed by atoms with Gasteiger partial charge in [-0.25, -0.2) is 4.98 Å². The van der Waals surface area contributed by atoms with E-state index in [4.69, 9.17) is 5.73 Å². The van der Waals surface area contributed by atoms with Crippen molar-refractivity contribution >= 4 is 10.8 Å². The summed E-state index contributed by atoms with van der Waals surface area (Å²) in [5, 5.41) is 1.61. The molecule has 2 heterocycles. The summed E-state index contributed by atoms with van der Waals surface area (Å²) < 4.78 is 1.85. The number of aromatic amines is 1. The number of H-pyrrole nitrogens is 1. The Hall–Kier alpha value is -3.18. The molecule has 0 aliphatic heterocycles. The average Bonchev–Trinajstić information content (AvgIpc) is 3.24. The molecule has 0 saturated carbocycles. The maximum Gasteiger partial charge on any atom is 0.258 e. The second-order valence-electron chi connectivity index (χ2n) is 7.40. The predicted octanol–water partition coefficient (Wildman–Crippen LogP) is 4.17. The monoisotopic (exact) mass is 372 g/mol. The van der Waals surface area contributed by atoms with Gasteiger partial charge in [-0.15, -0.1) is 0 Å². The largest absolute Gasteiger partial charge is 0.345 e. The van der Waals surface area contributed by atoms with E-state index in [2.05, 4.69) is 35.9 Å². The molecule has 4 aromatic rings. The summed E-state index contributed by atoms with van der Waals surface area (Å²) in [6, 6.07) is 16.0. The minimum Gasteiger partial charge on any atom is -0.345 e. The van der Waals surface area contributed by atoms with Gasteiger partial charge < -0.3 is 15.3 Å². The molecule has 0 spiro atoms. The van der Waals surface area contributed by atoms with Crippen molar-refractivity contribution < 1.29 is 0 Å². The highest BCUT2D eigenvalue weighted by molar-refractivity contribution is 5.99. The SMILES string of the molecule is CC(C)Cn1c(CN)c(-c2ccccc2)c2cc(-c3ncc[nH]3)ccc2c1=O. The van der Waals surface area contributed by atoms with Crippen LogP contribution in [0.4, 0.5) is 0 Å². The van der Waals surface area contributed by atoms with Crippen LogP contribution in [0.5, 0.6) is 0 Å². The Morgan fingerprint density at radius 3 is 2.50 bits per heavy atom. The van der Waals surface area contributed by atoms with E-state index >= 15 is 0 Å². The Bertz CT molecular complexity index is 1160. The summed E-state index contributed by atoms with van der Waals surface area (Å²) in [6.07, 6.45) is 3.52. The first-order chi connectivity index (χ1) is 13.6. The van der Waals surface area contributed by atoms with E-state index in [0.717, 1.165) is 33.6 Å². The van der Waals surface area contributed by atoms with Gasteiger partial charge in [0.05, 0.1) is 0 Å². The highest BCUT2D eigenvalue weighted by atomic mass is 16.1. The quantitative estimate of drug-likeness (QED) is 0.552. The molecule has 0 atom stereocenters. The number of imidazole rings is 1. The molecule has 0 unspecified atom stereocenters. The maximum absolute atomic E-state index is 13.3. The van der Waals surface area contributed by atoms with E-state index in [1.807, 2.05) is 41.0 Å². The molecule has 0 bridgehead atoms. The maximum atomic E-state index is 13.3. The molecule has 0 aliphatic rings. The van der Waals surface area contributed by atoms with E-state index in [-0.39, 0.29) is 5.56 Å². The summed E-state index contributed by atoms with van der Waals surface area (Å²) in [5.41, 5.74) is 10.1. The summed E-state index contributed by atoms with van der Waals surface area (Å²) in [5.74, 6) is 1.12. The van der Waals surface area contributed by atoms with Gasteiger partial charge in [0.15, 0.2) is 0 Å². The topological polar surface area (TPSA) is 76.7 Å². The van der Waals surface area contributed by atoms with E-state index < -0.39 is 0 Å². The second-order valence-corrected chi connectivity index (χ2v) is 7.40. The second kappa shape index (κ2) is 7.44. The van der Waals surface area contributed by atoms with Gasteiger partial charge in [-0.1, -0.05) is 50.2 Å². The third kappa shape index (κ3) is 3.14. The molecular weight excluding hydrogens is 348 g/mol. The summed E-state index contributed by atoms with van der Waals surface area (Å²) in [6.45, 7) is 5.16. The fourth-order valence-corrected chi connectivity index (χ4v) is 3.76. The van der Waals surface area contributed by atoms with Crippen molar-refractivity contribution in [3.05, 3.63) is 77.0 Å². The number of pyridine rings is 1. The summed E-state index contributed by atoms with van der Waals surface area (Å²) in [4.78, 5) is 20.8. The zero-order valence-electron chi connectivity index (χ0n) is 16.1. The van der Waals surface area contributed by atoms with Crippen LogP contribution in [0.3, 0.4) is 0 Å². The molecule has 142 valence electrons. The van der Waals surface area contributed by atoms with Crippen LogP contribution in [0.1, 0.15) is 19.5 Å². The Labute approximate surface area is 163 Å². The molecule has 5 nitrogen and oxygen atoms in total. The van der Waals surface area contributed by atoms with Gasteiger partial charge >= 0.3 is 0 Å². The molecule has 2 aromatic carbocycles. The van der Waals surface area contributed by atoms with Crippen LogP contribution in [-0.2, 0) is 13.1 Å². The Balaban J connectivity index is 2.11. The van der Waals surface area contributed by atoms with Crippen LogP contribution < -0.4 is 11.3 Å². The van der Waals surface area contributed by atoms with Crippen molar-refractivity contribution in [2.45, 2.75) is 26.9 Å². The van der Waals surface area contributed by atoms with Gasteiger partial charge in [0.2, 0.25) is 0 Å². The Morgan fingerprint density at radius 2 is 1.86 bits per heavy atom. The van der Waals surface area contributed by atoms with Crippen LogP contribution in [0.25, 0.3) is 33.3 Å². The van der Waals surface area contributed by atoms with Crippen LogP contribution in [0.15, 0.2) is 65.7 Å². The predicted molar refractivity (Wildman–Crippen MR) is 114 cm³/mol. The molecule has 0 radical (unpaired) electrons. The molecule has 2 aromatic heterocycles. The number of hydrogen-bond donors (Lipinski definition) is 2. The number of nitrogens with zero attached hydrogens (tertiary/aromatic N) is 2. The van der Waals surface area contributed by atoms with E-state index in [0.29, 0.717) is 24.4 Å². The highest BCUT2D eigenvalue weighted by Gasteiger charge is 2.18. The standard InChI is InChI=1S/C23H24N4O/c1-15(2)14-27-20(13-24)21(16-6-4-3-5-7-16)19-12-17(22-25-10-11-26-22)8-9-18(19)23(27)28/h3-12,15H,13-14,24H2,1-2H3,(H,25,26). The smallest absolute Gasteiger partial charge is 0.258 e. The van der Waals surface area contributed by atoms with Gasteiger partial charge in [0.1, 0.15) is 5.82 Å². The lowest BCUT2D eigenvalue weighted by Gasteiger charge is -2.21. The number of hydrogen-bond acceptors (Lipinski definition) is 3. The zero-order valence-corrected chi connectivity index (χ0v) is 16.1. The van der Waals surface area contributed by atoms with Crippen molar-refractivity contribution in [1.29, 1.82) is 0 Å². The summed E-state index contributed by atoms with van der Waals surface area (Å²) in [7, 11) is 0. The van der Waals surface area contributed by atoms with Gasteiger partial charge in [-0.3, -0.25) is 4.79 Å². The number of rotatable bonds is 5. The molecule has 4 rings (SSSR count). The van der Waals surface area contributed by atoms with Crippen molar-refractivity contribution in [2.24, 2.45) is 11.7 Å². The number of fused-ring (bicyclic) bond motifs is 1. The summed E-state index contributed by atoms with van der Waals surface area (Å²) >= 11 is 0. The Kier molecular flexibility index (Phi) is 4.84. The first-order valence-electron chi connectivity index (χ1n) is 9.54. The van der Waals surface area contributed by atoms with Crippen molar-refractivity contribution in [2.75, 3.05) is 0 Å². The fraction of sp³-hybridized carbons (Fsp3) is 0.217. The van der Waals surface area contributed by atoms with E-state index in [1.54, 1.807) is 12.4 Å². The molecule has 28 heavy (non-hydrogen) atoms. The Morgan fingerprint density at radius 1 is 1.07 bits per heavy atom. The molecule has 0 amide bonds. The molecular formula is C23H24N4O. The van der Waals surface area contributed by atoms with Gasteiger partial charge in [-0.2, -0.15) is 0 Å². The van der Waals surface area contributed by atoms with Crippen LogP contribution in [0.2, 0.25) is 0 Å². The average molecular weight is 372 g/mol. The fourth-order valence-electron chi connectivity index (χ4n) is 3.76. The zero-order chi connectivity index (χ0) is 19.7. The van der Waals surface area contributed by atoms with Crippen LogP contribution in [-0.4, -0.2) is 14.5 Å². The first-order valence-corrected chi connectivity index (χ1v) is 9.54. The highest BCUT2D eigenvalue weighted by Crippen LogP contribution is 2.33. The number of benzene rings is 2. The molecule has 0 fully saturated rings. The van der Waals surface area contributed by atoms with Crippen LogP contribution >= 0.6 is 0 Å². The van der Waals surface area contributed by atoms with Crippen molar-refractivity contribution in [3.63, 3.8) is 0 Å². The lowest BCUT2D eigenvalue weighted by Crippen LogP contribution is -2.28. The number of nitrogens with one attached hydrogen (secondary N) is 1. The molecule has 0 aliphatic carbocycles. The van der Waals surface area contributed by atoms with E-state index in [9.17, 15) is 4.79 Å². The van der Waals surface area contributed by atoms with Crippen molar-refractivity contribution in [3.8, 4) is 22.5 Å². The minimum atomic E-state index is 0.00910. The molecule has 3 N–H and O–H groups in total. The number of nitrogens with two attached hydrogens (primary N) is 1. The van der Waals surface area contributed by atoms with Gasteiger partial charge in [0, 0.05) is 47.7 Å². The third-order valence-corrected chi connectivity index (χ3v) is 4.95. The van der Waals surface area contributed by atoms with Gasteiger partial charge in [0.25, 0.3) is 5.56 Å². The number of aromatic nitrogens is 3. The van der Waals surface area contributed by atoms with E-state index in [1.165, 1.54) is 0 Å². The third-order valence-electron chi connectivity index (χ3n) is 4.95. The molecule has 5 heteroatoms. The molecule has 0 saturated heterocycles. The van der Waals surface area contributed by atoms with Crippen LogP contribution in [0, 0.1) is 5.92 Å². The normalized spacial score (nSPS) is 11.4. The first kappa shape index (κ1) is 18.2. The van der Waals surface area contributed by atoms with Crippen molar-refractivity contribution in [1.82, 2.24) is 14.5 Å². The van der Waals surface area contributed by atoms with Gasteiger partial charge in [-0.05, 0) is 29.0 Å². The minimum absolute atomic E-state index is 0.00910. The lowest BCUT2D eigenvalue weighted by molar-refractivity contribution is 0.499.